The van der Waals surface area contributed by atoms with Crippen LogP contribution in [0.4, 0.5) is 11.8 Å². The van der Waals surface area contributed by atoms with Crippen LogP contribution in [0.15, 0.2) is 30.5 Å². The number of hydrogen-bond donors (Lipinski definition) is 4. The first-order chi connectivity index (χ1) is 14.0. The molecule has 29 heavy (non-hydrogen) atoms. The number of amides is 1. The number of benzene rings is 1. The molecule has 1 aromatic heterocycles. The maximum Gasteiger partial charge on any atom is 0.224 e. The van der Waals surface area contributed by atoms with Crippen molar-refractivity contribution in [2.45, 2.75) is 38.6 Å². The largest absolute Gasteiger partial charge is 0.369 e. The third-order valence-corrected chi connectivity index (χ3v) is 5.85. The molecule has 1 fully saturated rings. The molecule has 0 spiro atoms. The average molecular weight is 417 g/mol. The molecule has 0 saturated heterocycles. The second kappa shape index (κ2) is 10.4. The van der Waals surface area contributed by atoms with E-state index in [4.69, 9.17) is 23.1 Å². The Morgan fingerprint density at radius 2 is 1.83 bits per heavy atom. The Balaban J connectivity index is 1.65. The molecule has 0 aliphatic heterocycles. The number of primary amides is 1. The number of carbonyl (C=O) groups is 1. The molecule has 1 aliphatic carbocycles. The molecule has 0 radical (unpaired) electrons. The Bertz CT molecular complexity index is 823. The molecular weight excluding hydrogens is 388 g/mol. The molecule has 1 saturated carbocycles. The Labute approximate surface area is 176 Å². The molecule has 8 heteroatoms. The van der Waals surface area contributed by atoms with Crippen LogP contribution in [-0.4, -0.2) is 29.0 Å². The van der Waals surface area contributed by atoms with Crippen molar-refractivity contribution in [3.63, 3.8) is 0 Å². The first-order valence-corrected chi connectivity index (χ1v) is 10.5. The third-order valence-electron chi connectivity index (χ3n) is 5.48. The van der Waals surface area contributed by atoms with Gasteiger partial charge in [-0.15, -0.1) is 0 Å². The number of carbonyl (C=O) groups excluding carboxylic acids is 1. The number of nitrogens with zero attached hydrogens (tertiary/aromatic N) is 2. The molecule has 0 atom stereocenters. The molecule has 3 rings (SSSR count). The van der Waals surface area contributed by atoms with Crippen LogP contribution in [-0.2, 0) is 17.8 Å². The third kappa shape index (κ3) is 6.30. The van der Waals surface area contributed by atoms with Crippen LogP contribution in [0.1, 0.15) is 36.8 Å². The lowest BCUT2D eigenvalue weighted by atomic mass is 9.82. The monoisotopic (exact) mass is 416 g/mol. The van der Waals surface area contributed by atoms with Gasteiger partial charge in [0.1, 0.15) is 5.82 Å². The first kappa shape index (κ1) is 21.3. The highest BCUT2D eigenvalue weighted by Crippen LogP contribution is 2.28. The van der Waals surface area contributed by atoms with E-state index in [0.29, 0.717) is 40.7 Å². The Morgan fingerprint density at radius 3 is 2.52 bits per heavy atom. The van der Waals surface area contributed by atoms with Gasteiger partial charge in [-0.1, -0.05) is 29.8 Å². The Kier molecular flexibility index (Phi) is 7.66. The molecule has 0 unspecified atom stereocenters. The lowest BCUT2D eigenvalue weighted by molar-refractivity contribution is -0.117. The number of hydrogen-bond acceptors (Lipinski definition) is 6. The van der Waals surface area contributed by atoms with Gasteiger partial charge in [0.15, 0.2) is 0 Å². The lowest BCUT2D eigenvalue weighted by Crippen LogP contribution is -2.26. The zero-order valence-electron chi connectivity index (χ0n) is 16.5. The van der Waals surface area contributed by atoms with E-state index in [1.54, 1.807) is 6.20 Å². The number of anilines is 2. The summed E-state index contributed by atoms with van der Waals surface area (Å²) in [6.45, 7) is 2.09. The van der Waals surface area contributed by atoms with E-state index >= 15 is 0 Å². The van der Waals surface area contributed by atoms with Crippen molar-refractivity contribution in [2.24, 2.45) is 23.3 Å². The summed E-state index contributed by atoms with van der Waals surface area (Å²) in [5, 5.41) is 7.30. The fourth-order valence-corrected chi connectivity index (χ4v) is 3.89. The quantitative estimate of drug-likeness (QED) is 0.499. The summed E-state index contributed by atoms with van der Waals surface area (Å²) < 4.78 is 0. The van der Waals surface area contributed by atoms with Crippen molar-refractivity contribution < 1.29 is 4.79 Å². The van der Waals surface area contributed by atoms with E-state index in [1.807, 2.05) is 24.3 Å². The summed E-state index contributed by atoms with van der Waals surface area (Å²) >= 11 is 6.21. The van der Waals surface area contributed by atoms with Gasteiger partial charge in [0, 0.05) is 29.9 Å². The van der Waals surface area contributed by atoms with Crippen LogP contribution in [0.2, 0.25) is 5.02 Å². The Morgan fingerprint density at radius 1 is 1.10 bits per heavy atom. The topological polar surface area (TPSA) is 119 Å². The highest BCUT2D eigenvalue weighted by atomic mass is 35.5. The second-order valence-electron chi connectivity index (χ2n) is 7.66. The first-order valence-electron chi connectivity index (χ1n) is 10.1. The maximum absolute atomic E-state index is 11.4. The molecule has 2 aromatic rings. The van der Waals surface area contributed by atoms with E-state index in [-0.39, 0.29) is 6.42 Å². The summed E-state index contributed by atoms with van der Waals surface area (Å²) in [5.41, 5.74) is 12.8. The highest BCUT2D eigenvalue weighted by molar-refractivity contribution is 6.31. The zero-order valence-corrected chi connectivity index (χ0v) is 17.3. The van der Waals surface area contributed by atoms with E-state index < -0.39 is 5.91 Å². The highest BCUT2D eigenvalue weighted by Gasteiger charge is 2.20. The minimum absolute atomic E-state index is 0.104. The minimum Gasteiger partial charge on any atom is -0.369 e. The van der Waals surface area contributed by atoms with Gasteiger partial charge in [-0.2, -0.15) is 4.98 Å². The van der Waals surface area contributed by atoms with Gasteiger partial charge in [0.25, 0.3) is 0 Å². The molecule has 1 aliphatic rings. The van der Waals surface area contributed by atoms with Crippen LogP contribution in [0, 0.1) is 11.8 Å². The van der Waals surface area contributed by atoms with Crippen LogP contribution in [0.5, 0.6) is 0 Å². The van der Waals surface area contributed by atoms with E-state index in [9.17, 15) is 4.79 Å². The van der Waals surface area contributed by atoms with Crippen LogP contribution in [0.25, 0.3) is 0 Å². The molecule has 6 N–H and O–H groups in total. The molecular formula is C21H29ClN6O. The van der Waals surface area contributed by atoms with Crippen molar-refractivity contribution in [1.29, 1.82) is 0 Å². The number of nitrogens with two attached hydrogens (primary N) is 2. The van der Waals surface area contributed by atoms with Gasteiger partial charge < -0.3 is 22.1 Å². The van der Waals surface area contributed by atoms with Gasteiger partial charge in [-0.05, 0) is 55.7 Å². The summed E-state index contributed by atoms with van der Waals surface area (Å²) in [6, 6.07) is 7.63. The molecule has 7 nitrogen and oxygen atoms in total. The molecule has 156 valence electrons. The van der Waals surface area contributed by atoms with Crippen LogP contribution >= 0.6 is 11.6 Å². The maximum atomic E-state index is 11.4. The molecule has 1 heterocycles. The van der Waals surface area contributed by atoms with Crippen molar-refractivity contribution >= 4 is 29.3 Å². The minimum atomic E-state index is -0.406. The SMILES string of the molecule is NCC1CCC(CNc2nc(NCc3ccccc3Cl)ncc2CC(N)=O)CC1. The van der Waals surface area contributed by atoms with Gasteiger partial charge in [0.05, 0.1) is 6.42 Å². The van der Waals surface area contributed by atoms with Gasteiger partial charge in [0.2, 0.25) is 11.9 Å². The number of rotatable bonds is 9. The smallest absolute Gasteiger partial charge is 0.224 e. The number of nitrogens with one attached hydrogen (secondary N) is 2. The normalized spacial score (nSPS) is 19.0. The van der Waals surface area contributed by atoms with E-state index in [1.165, 1.54) is 12.8 Å². The van der Waals surface area contributed by atoms with Gasteiger partial charge >= 0.3 is 0 Å². The van der Waals surface area contributed by atoms with E-state index in [0.717, 1.165) is 31.5 Å². The summed E-state index contributed by atoms with van der Waals surface area (Å²) in [7, 11) is 0. The predicted molar refractivity (Wildman–Crippen MR) is 117 cm³/mol. The fraction of sp³-hybridized carbons (Fsp3) is 0.476. The average Bonchev–Trinajstić information content (AvgIpc) is 2.73. The van der Waals surface area contributed by atoms with Crippen molar-refractivity contribution in [1.82, 2.24) is 9.97 Å². The zero-order chi connectivity index (χ0) is 20.6. The summed E-state index contributed by atoms with van der Waals surface area (Å²) in [5.74, 6) is 1.95. The molecule has 1 aromatic carbocycles. The number of aromatic nitrogens is 2. The Hall–Kier alpha value is -2.38. The van der Waals surface area contributed by atoms with Crippen molar-refractivity contribution in [2.75, 3.05) is 23.7 Å². The lowest BCUT2D eigenvalue weighted by Gasteiger charge is -2.28. The van der Waals surface area contributed by atoms with Gasteiger partial charge in [-0.25, -0.2) is 4.98 Å². The predicted octanol–water partition coefficient (Wildman–Crippen LogP) is 2.95. The standard InChI is InChI=1S/C21H29ClN6O/c22-18-4-2-1-3-16(18)12-26-21-27-13-17(9-19(24)29)20(28-21)25-11-15-7-5-14(10-23)6-8-15/h1-4,13-15H,5-12,23H2,(H2,24,29)(H2,25,26,27,28). The number of halogens is 1. The van der Waals surface area contributed by atoms with E-state index in [2.05, 4.69) is 20.6 Å². The second-order valence-corrected chi connectivity index (χ2v) is 8.07. The summed E-state index contributed by atoms with van der Waals surface area (Å²) in [6.07, 6.45) is 6.41. The molecule has 1 amide bonds. The molecule has 0 bridgehead atoms. The van der Waals surface area contributed by atoms with Crippen molar-refractivity contribution in [3.8, 4) is 0 Å². The summed E-state index contributed by atoms with van der Waals surface area (Å²) in [4.78, 5) is 20.3. The van der Waals surface area contributed by atoms with Gasteiger partial charge in [-0.3, -0.25) is 4.79 Å². The van der Waals surface area contributed by atoms with Crippen LogP contribution in [0.3, 0.4) is 0 Å². The van der Waals surface area contributed by atoms with Crippen molar-refractivity contribution in [3.05, 3.63) is 46.6 Å². The van der Waals surface area contributed by atoms with Crippen LogP contribution < -0.4 is 22.1 Å². The fourth-order valence-electron chi connectivity index (χ4n) is 3.69.